The SMILES string of the molecule is O=C(CC1CC1)N1CCC(=NO)CC1. The van der Waals surface area contributed by atoms with Gasteiger partial charge in [-0.3, -0.25) is 4.79 Å². The minimum Gasteiger partial charge on any atom is -0.411 e. The number of piperidine rings is 1. The molecule has 1 saturated carbocycles. The molecule has 2 rings (SSSR count). The van der Waals surface area contributed by atoms with E-state index in [4.69, 9.17) is 5.21 Å². The zero-order valence-electron chi connectivity index (χ0n) is 8.28. The normalized spacial score (nSPS) is 22.3. The molecule has 0 radical (unpaired) electrons. The maximum atomic E-state index is 11.7. The Bertz CT molecular complexity index is 249. The van der Waals surface area contributed by atoms with E-state index in [0.717, 1.165) is 38.1 Å². The predicted molar refractivity (Wildman–Crippen MR) is 52.4 cm³/mol. The van der Waals surface area contributed by atoms with Crippen LogP contribution >= 0.6 is 0 Å². The highest BCUT2D eigenvalue weighted by Crippen LogP contribution is 2.33. The predicted octanol–water partition coefficient (Wildman–Crippen LogP) is 1.24. The van der Waals surface area contributed by atoms with Crippen LogP contribution in [0.25, 0.3) is 0 Å². The van der Waals surface area contributed by atoms with Crippen LogP contribution in [0.3, 0.4) is 0 Å². The smallest absolute Gasteiger partial charge is 0.222 e. The Morgan fingerprint density at radius 2 is 2.07 bits per heavy atom. The third-order valence-corrected chi connectivity index (χ3v) is 2.99. The van der Waals surface area contributed by atoms with Crippen LogP contribution in [0.4, 0.5) is 0 Å². The molecule has 2 fully saturated rings. The number of hydrogen-bond acceptors (Lipinski definition) is 3. The van der Waals surface area contributed by atoms with E-state index in [0.29, 0.717) is 5.92 Å². The van der Waals surface area contributed by atoms with Crippen LogP contribution in [0.5, 0.6) is 0 Å². The van der Waals surface area contributed by atoms with Gasteiger partial charge in [0.1, 0.15) is 0 Å². The molecule has 1 saturated heterocycles. The minimum atomic E-state index is 0.282. The van der Waals surface area contributed by atoms with Gasteiger partial charge in [-0.25, -0.2) is 0 Å². The Hall–Kier alpha value is -1.06. The summed E-state index contributed by atoms with van der Waals surface area (Å²) < 4.78 is 0. The van der Waals surface area contributed by atoms with E-state index in [9.17, 15) is 4.79 Å². The van der Waals surface area contributed by atoms with Gasteiger partial charge in [0.2, 0.25) is 5.91 Å². The van der Waals surface area contributed by atoms with Crippen molar-refractivity contribution >= 4 is 11.6 Å². The molecule has 14 heavy (non-hydrogen) atoms. The first-order valence-corrected chi connectivity index (χ1v) is 5.27. The van der Waals surface area contributed by atoms with Gasteiger partial charge in [0.05, 0.1) is 5.71 Å². The van der Waals surface area contributed by atoms with E-state index in [1.807, 2.05) is 4.90 Å². The van der Waals surface area contributed by atoms with Crippen molar-refractivity contribution in [2.45, 2.75) is 32.1 Å². The number of oxime groups is 1. The van der Waals surface area contributed by atoms with Crippen molar-refractivity contribution in [1.82, 2.24) is 4.90 Å². The van der Waals surface area contributed by atoms with Gasteiger partial charge in [0, 0.05) is 32.4 Å². The van der Waals surface area contributed by atoms with Crippen LogP contribution in [0.2, 0.25) is 0 Å². The molecule has 1 N–H and O–H groups in total. The van der Waals surface area contributed by atoms with Crippen LogP contribution in [0.15, 0.2) is 5.16 Å². The largest absolute Gasteiger partial charge is 0.411 e. The lowest BCUT2D eigenvalue weighted by Crippen LogP contribution is -2.38. The molecule has 2 aliphatic rings. The third-order valence-electron chi connectivity index (χ3n) is 2.99. The number of likely N-dealkylation sites (tertiary alicyclic amines) is 1. The fourth-order valence-corrected chi connectivity index (χ4v) is 1.81. The monoisotopic (exact) mass is 196 g/mol. The highest BCUT2D eigenvalue weighted by molar-refractivity contribution is 5.87. The molecule has 0 bridgehead atoms. The summed E-state index contributed by atoms with van der Waals surface area (Å²) in [6, 6.07) is 0. The molecule has 1 heterocycles. The summed E-state index contributed by atoms with van der Waals surface area (Å²) in [7, 11) is 0. The number of amides is 1. The Labute approximate surface area is 83.6 Å². The lowest BCUT2D eigenvalue weighted by molar-refractivity contribution is -0.131. The van der Waals surface area contributed by atoms with Crippen molar-refractivity contribution in [2.24, 2.45) is 11.1 Å². The van der Waals surface area contributed by atoms with Crippen molar-refractivity contribution < 1.29 is 10.0 Å². The van der Waals surface area contributed by atoms with Crippen molar-refractivity contribution in [3.05, 3.63) is 0 Å². The van der Waals surface area contributed by atoms with E-state index in [1.165, 1.54) is 12.8 Å². The average Bonchev–Trinajstić information content (AvgIpc) is 3.02. The third kappa shape index (κ3) is 2.25. The van der Waals surface area contributed by atoms with Gasteiger partial charge < -0.3 is 10.1 Å². The van der Waals surface area contributed by atoms with Gasteiger partial charge in [0.15, 0.2) is 0 Å². The number of carbonyl (C=O) groups is 1. The van der Waals surface area contributed by atoms with E-state index >= 15 is 0 Å². The molecule has 78 valence electrons. The first-order chi connectivity index (χ1) is 6.79. The number of nitrogens with zero attached hydrogens (tertiary/aromatic N) is 2. The fraction of sp³-hybridized carbons (Fsp3) is 0.800. The summed E-state index contributed by atoms with van der Waals surface area (Å²) in [4.78, 5) is 13.6. The molecule has 1 amide bonds. The summed E-state index contributed by atoms with van der Waals surface area (Å²) in [6.45, 7) is 1.45. The van der Waals surface area contributed by atoms with Crippen molar-refractivity contribution in [3.8, 4) is 0 Å². The highest BCUT2D eigenvalue weighted by Gasteiger charge is 2.28. The molecular formula is C10H16N2O2. The Balaban J connectivity index is 1.78. The molecule has 1 aliphatic carbocycles. The summed E-state index contributed by atoms with van der Waals surface area (Å²) in [5, 5.41) is 11.7. The van der Waals surface area contributed by atoms with E-state index in [1.54, 1.807) is 0 Å². The number of rotatable bonds is 2. The van der Waals surface area contributed by atoms with Gasteiger partial charge in [-0.1, -0.05) is 5.16 Å². The van der Waals surface area contributed by atoms with Crippen LogP contribution in [-0.2, 0) is 4.79 Å². The molecule has 4 nitrogen and oxygen atoms in total. The zero-order chi connectivity index (χ0) is 9.97. The summed E-state index contributed by atoms with van der Waals surface area (Å²) >= 11 is 0. The van der Waals surface area contributed by atoms with Gasteiger partial charge in [-0.05, 0) is 18.8 Å². The maximum absolute atomic E-state index is 11.7. The second-order valence-electron chi connectivity index (χ2n) is 4.19. The molecule has 0 spiro atoms. The van der Waals surface area contributed by atoms with Gasteiger partial charge >= 0.3 is 0 Å². The Morgan fingerprint density at radius 3 is 2.57 bits per heavy atom. The molecule has 0 aromatic carbocycles. The highest BCUT2D eigenvalue weighted by atomic mass is 16.4. The Morgan fingerprint density at radius 1 is 1.43 bits per heavy atom. The van der Waals surface area contributed by atoms with Crippen LogP contribution < -0.4 is 0 Å². The van der Waals surface area contributed by atoms with Crippen molar-refractivity contribution in [2.75, 3.05) is 13.1 Å². The number of carbonyl (C=O) groups excluding carboxylic acids is 1. The second kappa shape index (κ2) is 3.98. The lowest BCUT2D eigenvalue weighted by Gasteiger charge is -2.27. The second-order valence-corrected chi connectivity index (χ2v) is 4.19. The van der Waals surface area contributed by atoms with Crippen molar-refractivity contribution in [3.63, 3.8) is 0 Å². The molecule has 4 heteroatoms. The van der Waals surface area contributed by atoms with Crippen LogP contribution in [0.1, 0.15) is 32.1 Å². The van der Waals surface area contributed by atoms with Gasteiger partial charge in [-0.15, -0.1) is 0 Å². The van der Waals surface area contributed by atoms with Gasteiger partial charge in [0.25, 0.3) is 0 Å². The minimum absolute atomic E-state index is 0.282. The first kappa shape index (κ1) is 9.49. The van der Waals surface area contributed by atoms with Crippen LogP contribution in [0, 0.1) is 5.92 Å². The molecule has 0 aromatic rings. The zero-order valence-corrected chi connectivity index (χ0v) is 8.28. The summed E-state index contributed by atoms with van der Waals surface area (Å²) in [5.74, 6) is 0.944. The van der Waals surface area contributed by atoms with Gasteiger partial charge in [-0.2, -0.15) is 0 Å². The first-order valence-electron chi connectivity index (χ1n) is 5.27. The van der Waals surface area contributed by atoms with E-state index < -0.39 is 0 Å². The molecular weight excluding hydrogens is 180 g/mol. The molecule has 0 aromatic heterocycles. The maximum Gasteiger partial charge on any atom is 0.222 e. The van der Waals surface area contributed by atoms with E-state index in [-0.39, 0.29) is 5.91 Å². The molecule has 0 unspecified atom stereocenters. The number of hydrogen-bond donors (Lipinski definition) is 1. The van der Waals surface area contributed by atoms with Crippen LogP contribution in [-0.4, -0.2) is 34.8 Å². The van der Waals surface area contributed by atoms with Crippen molar-refractivity contribution in [1.29, 1.82) is 0 Å². The Kier molecular flexibility index (Phi) is 2.70. The topological polar surface area (TPSA) is 52.9 Å². The van der Waals surface area contributed by atoms with E-state index in [2.05, 4.69) is 5.16 Å². The standard InChI is InChI=1S/C10H16N2O2/c13-10(7-8-1-2-8)12-5-3-9(11-14)4-6-12/h8,14H,1-7H2. The molecule has 1 aliphatic heterocycles. The quantitative estimate of drug-likeness (QED) is 0.533. The lowest BCUT2D eigenvalue weighted by atomic mass is 10.1. The fourth-order valence-electron chi connectivity index (χ4n) is 1.81. The summed E-state index contributed by atoms with van der Waals surface area (Å²) in [5.41, 5.74) is 0.820. The molecule has 0 atom stereocenters. The average molecular weight is 196 g/mol. The summed E-state index contributed by atoms with van der Waals surface area (Å²) in [6.07, 6.45) is 4.64.